The molecule has 0 amide bonds. The molecule has 2 aromatic rings. The molecular formula is C13H13N5O3. The zero-order chi connectivity index (χ0) is 14.8. The summed E-state index contributed by atoms with van der Waals surface area (Å²) in [5.74, 6) is 0.793. The zero-order valence-corrected chi connectivity index (χ0v) is 11.0. The smallest absolute Gasteiger partial charge is 0.352 e. The van der Waals surface area contributed by atoms with Crippen LogP contribution in [0.4, 0.5) is 17.3 Å². The van der Waals surface area contributed by atoms with Crippen LogP contribution in [0.25, 0.3) is 0 Å². The topological polar surface area (TPSA) is 116 Å². The SMILES string of the molecule is Nc1ncnc(NCC2Cc3ccccc3O2)c1[N+](=O)[O-]. The summed E-state index contributed by atoms with van der Waals surface area (Å²) in [5.41, 5.74) is 6.32. The lowest BCUT2D eigenvalue weighted by atomic mass is 10.1. The van der Waals surface area contributed by atoms with E-state index in [1.54, 1.807) is 0 Å². The molecule has 1 aliphatic heterocycles. The third kappa shape index (κ3) is 2.55. The van der Waals surface area contributed by atoms with E-state index in [4.69, 9.17) is 10.5 Å². The molecule has 0 bridgehead atoms. The molecule has 0 saturated heterocycles. The first-order valence-electron chi connectivity index (χ1n) is 6.38. The molecule has 108 valence electrons. The molecule has 2 heterocycles. The largest absolute Gasteiger partial charge is 0.488 e. The number of hydrogen-bond acceptors (Lipinski definition) is 7. The Bertz CT molecular complexity index is 666. The quantitative estimate of drug-likeness (QED) is 0.644. The molecule has 1 unspecified atom stereocenters. The van der Waals surface area contributed by atoms with Gasteiger partial charge in [-0.3, -0.25) is 10.1 Å². The summed E-state index contributed by atoms with van der Waals surface area (Å²) in [5, 5.41) is 13.9. The Morgan fingerprint density at radius 1 is 1.43 bits per heavy atom. The van der Waals surface area contributed by atoms with Crippen molar-refractivity contribution < 1.29 is 9.66 Å². The maximum Gasteiger partial charge on any atom is 0.352 e. The molecule has 1 aromatic carbocycles. The standard InChI is InChI=1S/C13H13N5O3/c14-12-11(18(19)20)13(17-7-16-12)15-6-9-5-8-3-1-2-4-10(8)21-9/h1-4,7,9H,5-6H2,(H3,14,15,16,17). The number of benzene rings is 1. The monoisotopic (exact) mass is 287 g/mol. The molecule has 0 aliphatic carbocycles. The summed E-state index contributed by atoms with van der Waals surface area (Å²) in [6.45, 7) is 0.395. The van der Waals surface area contributed by atoms with Crippen molar-refractivity contribution in [1.82, 2.24) is 9.97 Å². The number of nitrogen functional groups attached to an aromatic ring is 1. The minimum atomic E-state index is -0.595. The summed E-state index contributed by atoms with van der Waals surface area (Å²) in [6.07, 6.45) is 1.84. The molecule has 8 nitrogen and oxygen atoms in total. The van der Waals surface area contributed by atoms with Crippen LogP contribution in [0.3, 0.4) is 0 Å². The number of aromatic nitrogens is 2. The molecule has 1 atom stereocenters. The Labute approximate surface area is 120 Å². The first-order chi connectivity index (χ1) is 10.1. The summed E-state index contributed by atoms with van der Waals surface area (Å²) in [4.78, 5) is 17.9. The highest BCUT2D eigenvalue weighted by Gasteiger charge is 2.25. The predicted octanol–water partition coefficient (Wildman–Crippen LogP) is 1.38. The van der Waals surface area contributed by atoms with Crippen LogP contribution in [0.5, 0.6) is 5.75 Å². The van der Waals surface area contributed by atoms with Gasteiger partial charge in [0, 0.05) is 6.42 Å². The third-order valence-electron chi connectivity index (χ3n) is 3.24. The van der Waals surface area contributed by atoms with Gasteiger partial charge >= 0.3 is 5.69 Å². The van der Waals surface area contributed by atoms with Crippen molar-refractivity contribution >= 4 is 17.3 Å². The van der Waals surface area contributed by atoms with Gasteiger partial charge in [-0.25, -0.2) is 9.97 Å². The number of anilines is 2. The Morgan fingerprint density at radius 3 is 3.00 bits per heavy atom. The molecule has 1 aliphatic rings. The minimum absolute atomic E-state index is 0.0989. The minimum Gasteiger partial charge on any atom is -0.488 e. The van der Waals surface area contributed by atoms with Crippen LogP contribution in [-0.4, -0.2) is 27.5 Å². The number of nitrogens with two attached hydrogens (primary N) is 1. The average molecular weight is 287 g/mol. The highest BCUT2D eigenvalue weighted by molar-refractivity contribution is 5.67. The molecule has 8 heteroatoms. The lowest BCUT2D eigenvalue weighted by Gasteiger charge is -2.12. The maximum absolute atomic E-state index is 11.0. The van der Waals surface area contributed by atoms with E-state index in [1.165, 1.54) is 6.33 Å². The average Bonchev–Trinajstić information content (AvgIpc) is 2.87. The van der Waals surface area contributed by atoms with Crippen LogP contribution in [0.2, 0.25) is 0 Å². The van der Waals surface area contributed by atoms with E-state index in [-0.39, 0.29) is 23.4 Å². The Morgan fingerprint density at radius 2 is 2.24 bits per heavy atom. The first kappa shape index (κ1) is 13.1. The van der Waals surface area contributed by atoms with Crippen molar-refractivity contribution in [3.63, 3.8) is 0 Å². The predicted molar refractivity (Wildman–Crippen MR) is 76.2 cm³/mol. The molecule has 1 aromatic heterocycles. The van der Waals surface area contributed by atoms with E-state index in [1.807, 2.05) is 24.3 Å². The van der Waals surface area contributed by atoms with Gasteiger partial charge in [0.15, 0.2) is 0 Å². The summed E-state index contributed by atoms with van der Waals surface area (Å²) < 4.78 is 5.75. The number of para-hydroxylation sites is 1. The number of nitro groups is 1. The maximum atomic E-state index is 11.0. The summed E-state index contributed by atoms with van der Waals surface area (Å²) >= 11 is 0. The van der Waals surface area contributed by atoms with Gasteiger partial charge in [-0.1, -0.05) is 18.2 Å². The van der Waals surface area contributed by atoms with E-state index < -0.39 is 4.92 Å². The zero-order valence-electron chi connectivity index (χ0n) is 11.0. The number of fused-ring (bicyclic) bond motifs is 1. The third-order valence-corrected chi connectivity index (χ3v) is 3.24. The fourth-order valence-corrected chi connectivity index (χ4v) is 2.28. The summed E-state index contributed by atoms with van der Waals surface area (Å²) in [6, 6.07) is 7.76. The van der Waals surface area contributed by atoms with Crippen LogP contribution in [0, 0.1) is 10.1 Å². The second-order valence-electron chi connectivity index (χ2n) is 4.65. The molecule has 3 N–H and O–H groups in total. The fourth-order valence-electron chi connectivity index (χ4n) is 2.28. The number of nitrogens with zero attached hydrogens (tertiary/aromatic N) is 3. The lowest BCUT2D eigenvalue weighted by molar-refractivity contribution is -0.383. The molecular weight excluding hydrogens is 274 g/mol. The second-order valence-corrected chi connectivity index (χ2v) is 4.65. The van der Waals surface area contributed by atoms with Gasteiger partial charge in [0.05, 0.1) is 11.5 Å². The van der Waals surface area contributed by atoms with Crippen LogP contribution in [0.15, 0.2) is 30.6 Å². The molecule has 3 rings (SSSR count). The highest BCUT2D eigenvalue weighted by atomic mass is 16.6. The van der Waals surface area contributed by atoms with Crippen molar-refractivity contribution in [3.8, 4) is 5.75 Å². The van der Waals surface area contributed by atoms with E-state index in [2.05, 4.69) is 15.3 Å². The van der Waals surface area contributed by atoms with E-state index in [0.29, 0.717) is 6.54 Å². The number of ether oxygens (including phenoxy) is 1. The van der Waals surface area contributed by atoms with Crippen molar-refractivity contribution in [1.29, 1.82) is 0 Å². The molecule has 0 radical (unpaired) electrons. The van der Waals surface area contributed by atoms with Gasteiger partial charge in [-0.05, 0) is 11.6 Å². The number of hydrogen-bond donors (Lipinski definition) is 2. The number of rotatable bonds is 4. The van der Waals surface area contributed by atoms with Gasteiger partial charge in [0.1, 0.15) is 18.2 Å². The molecule has 0 fully saturated rings. The van der Waals surface area contributed by atoms with Crippen molar-refractivity contribution in [2.24, 2.45) is 0 Å². The first-order valence-corrected chi connectivity index (χ1v) is 6.38. The van der Waals surface area contributed by atoms with Crippen LogP contribution in [0.1, 0.15) is 5.56 Å². The van der Waals surface area contributed by atoms with Crippen molar-refractivity contribution in [2.75, 3.05) is 17.6 Å². The van der Waals surface area contributed by atoms with Crippen molar-refractivity contribution in [3.05, 3.63) is 46.3 Å². The van der Waals surface area contributed by atoms with Crippen molar-refractivity contribution in [2.45, 2.75) is 12.5 Å². The van der Waals surface area contributed by atoms with Crippen LogP contribution < -0.4 is 15.8 Å². The van der Waals surface area contributed by atoms with Crippen LogP contribution in [-0.2, 0) is 6.42 Å². The van der Waals surface area contributed by atoms with E-state index >= 15 is 0 Å². The molecule has 0 spiro atoms. The second kappa shape index (κ2) is 5.23. The van der Waals surface area contributed by atoms with Gasteiger partial charge in [0.25, 0.3) is 0 Å². The fraction of sp³-hybridized carbons (Fsp3) is 0.231. The van der Waals surface area contributed by atoms with Gasteiger partial charge in [-0.2, -0.15) is 0 Å². The highest BCUT2D eigenvalue weighted by Crippen LogP contribution is 2.30. The van der Waals surface area contributed by atoms with Gasteiger partial charge < -0.3 is 15.8 Å². The number of nitrogens with one attached hydrogen (secondary N) is 1. The van der Waals surface area contributed by atoms with E-state index in [9.17, 15) is 10.1 Å². The normalized spacial score (nSPS) is 16.1. The molecule has 0 saturated carbocycles. The Kier molecular flexibility index (Phi) is 3.27. The Balaban J connectivity index is 1.70. The van der Waals surface area contributed by atoms with Gasteiger partial charge in [0.2, 0.25) is 11.6 Å². The van der Waals surface area contributed by atoms with Gasteiger partial charge in [-0.15, -0.1) is 0 Å². The Hall–Kier alpha value is -2.90. The summed E-state index contributed by atoms with van der Waals surface area (Å²) in [7, 11) is 0. The molecule has 21 heavy (non-hydrogen) atoms. The lowest BCUT2D eigenvalue weighted by Crippen LogP contribution is -2.24. The van der Waals surface area contributed by atoms with E-state index in [0.717, 1.165) is 17.7 Å². The van der Waals surface area contributed by atoms with Crippen LogP contribution >= 0.6 is 0 Å².